The van der Waals surface area contributed by atoms with Gasteiger partial charge in [0.1, 0.15) is 17.5 Å². The molecular formula is C16H19NO4. The molecule has 0 amide bonds. The molecule has 5 heteroatoms. The smallest absolute Gasteiger partial charge is 0.322 e. The minimum atomic E-state index is -0.712. The van der Waals surface area contributed by atoms with Gasteiger partial charge in [0, 0.05) is 10.8 Å². The van der Waals surface area contributed by atoms with Crippen LogP contribution in [-0.4, -0.2) is 33.3 Å². The Bertz CT molecular complexity index is 654. The van der Waals surface area contributed by atoms with E-state index in [1.54, 1.807) is 14.2 Å². The number of hydrogen-bond donors (Lipinski definition) is 1. The van der Waals surface area contributed by atoms with Gasteiger partial charge in [0.25, 0.3) is 0 Å². The molecule has 0 bridgehead atoms. The highest BCUT2D eigenvalue weighted by molar-refractivity contribution is 5.96. The summed E-state index contributed by atoms with van der Waals surface area (Å²) in [5.41, 5.74) is 6.78. The first-order chi connectivity index (χ1) is 10.1. The van der Waals surface area contributed by atoms with E-state index in [2.05, 4.69) is 4.74 Å². The molecule has 21 heavy (non-hydrogen) atoms. The van der Waals surface area contributed by atoms with Crippen molar-refractivity contribution >= 4 is 16.7 Å². The molecule has 0 aliphatic carbocycles. The van der Waals surface area contributed by atoms with Crippen LogP contribution in [0.15, 0.2) is 30.3 Å². The number of hydrogen-bond acceptors (Lipinski definition) is 5. The molecule has 2 rings (SSSR count). The Morgan fingerprint density at radius 1 is 1.10 bits per heavy atom. The zero-order valence-electron chi connectivity index (χ0n) is 12.4. The number of esters is 1. The summed E-state index contributed by atoms with van der Waals surface area (Å²) in [7, 11) is 4.56. The third-order valence-electron chi connectivity index (χ3n) is 3.43. The summed E-state index contributed by atoms with van der Waals surface area (Å²) in [6.45, 7) is 0. The maximum atomic E-state index is 11.5. The van der Waals surface area contributed by atoms with E-state index in [0.29, 0.717) is 6.42 Å². The SMILES string of the molecule is COC(=O)C(N)Cc1ccc(OC)c2cccc(OC)c12. The molecule has 2 aromatic rings. The van der Waals surface area contributed by atoms with Crippen LogP contribution in [0.4, 0.5) is 0 Å². The Labute approximate surface area is 123 Å². The molecule has 0 fully saturated rings. The van der Waals surface area contributed by atoms with Crippen molar-refractivity contribution in [1.29, 1.82) is 0 Å². The number of fused-ring (bicyclic) bond motifs is 1. The van der Waals surface area contributed by atoms with Gasteiger partial charge in [-0.1, -0.05) is 18.2 Å². The topological polar surface area (TPSA) is 70.8 Å². The van der Waals surface area contributed by atoms with Gasteiger partial charge in [-0.25, -0.2) is 0 Å². The predicted molar refractivity (Wildman–Crippen MR) is 80.7 cm³/mol. The summed E-state index contributed by atoms with van der Waals surface area (Å²) in [5, 5.41) is 1.82. The number of rotatable bonds is 5. The van der Waals surface area contributed by atoms with E-state index >= 15 is 0 Å². The Kier molecular flexibility index (Phi) is 4.65. The van der Waals surface area contributed by atoms with E-state index in [1.165, 1.54) is 7.11 Å². The average Bonchev–Trinajstić information content (AvgIpc) is 2.53. The highest BCUT2D eigenvalue weighted by Crippen LogP contribution is 2.35. The standard InChI is InChI=1S/C16H19NO4/c1-19-13-8-7-10(9-12(17)16(18)21-3)15-11(13)5-4-6-14(15)20-2/h4-8,12H,9,17H2,1-3H3. The van der Waals surface area contributed by atoms with Crippen LogP contribution in [0.1, 0.15) is 5.56 Å². The second kappa shape index (κ2) is 6.45. The maximum absolute atomic E-state index is 11.5. The van der Waals surface area contributed by atoms with Gasteiger partial charge in [-0.2, -0.15) is 0 Å². The van der Waals surface area contributed by atoms with Gasteiger partial charge in [0.2, 0.25) is 0 Å². The van der Waals surface area contributed by atoms with Crippen molar-refractivity contribution in [1.82, 2.24) is 0 Å². The average molecular weight is 289 g/mol. The lowest BCUT2D eigenvalue weighted by Crippen LogP contribution is -2.33. The largest absolute Gasteiger partial charge is 0.496 e. The zero-order chi connectivity index (χ0) is 15.4. The number of carbonyl (C=O) groups excluding carboxylic acids is 1. The van der Waals surface area contributed by atoms with E-state index in [1.807, 2.05) is 30.3 Å². The van der Waals surface area contributed by atoms with Crippen LogP contribution in [0, 0.1) is 0 Å². The van der Waals surface area contributed by atoms with Crippen LogP contribution < -0.4 is 15.2 Å². The lowest BCUT2D eigenvalue weighted by molar-refractivity contribution is -0.142. The summed E-state index contributed by atoms with van der Waals surface area (Å²) >= 11 is 0. The minimum Gasteiger partial charge on any atom is -0.496 e. The first-order valence-corrected chi connectivity index (χ1v) is 6.58. The van der Waals surface area contributed by atoms with Crippen molar-refractivity contribution in [3.05, 3.63) is 35.9 Å². The Balaban J connectivity index is 2.56. The third-order valence-corrected chi connectivity index (χ3v) is 3.43. The summed E-state index contributed by atoms with van der Waals surface area (Å²) in [4.78, 5) is 11.5. The highest BCUT2D eigenvalue weighted by atomic mass is 16.5. The summed E-state index contributed by atoms with van der Waals surface area (Å²) in [6, 6.07) is 8.76. The Hall–Kier alpha value is -2.27. The van der Waals surface area contributed by atoms with Crippen molar-refractivity contribution in [2.24, 2.45) is 5.73 Å². The van der Waals surface area contributed by atoms with Gasteiger partial charge in [-0.3, -0.25) is 4.79 Å². The molecule has 0 saturated heterocycles. The first kappa shape index (κ1) is 15.1. The first-order valence-electron chi connectivity index (χ1n) is 6.58. The predicted octanol–water partition coefficient (Wildman–Crippen LogP) is 1.90. The maximum Gasteiger partial charge on any atom is 0.322 e. The van der Waals surface area contributed by atoms with E-state index < -0.39 is 12.0 Å². The fraction of sp³-hybridized carbons (Fsp3) is 0.312. The van der Waals surface area contributed by atoms with Crippen molar-refractivity contribution in [3.8, 4) is 11.5 Å². The van der Waals surface area contributed by atoms with Crippen LogP contribution in [0.5, 0.6) is 11.5 Å². The van der Waals surface area contributed by atoms with Crippen LogP contribution in [-0.2, 0) is 16.0 Å². The van der Waals surface area contributed by atoms with Gasteiger partial charge in [-0.05, 0) is 24.1 Å². The molecule has 0 aliphatic rings. The van der Waals surface area contributed by atoms with E-state index in [0.717, 1.165) is 27.8 Å². The van der Waals surface area contributed by atoms with Crippen LogP contribution >= 0.6 is 0 Å². The number of ether oxygens (including phenoxy) is 3. The van der Waals surface area contributed by atoms with E-state index in [4.69, 9.17) is 15.2 Å². The fourth-order valence-electron chi connectivity index (χ4n) is 2.41. The van der Waals surface area contributed by atoms with Crippen molar-refractivity contribution in [2.75, 3.05) is 21.3 Å². The Morgan fingerprint density at radius 3 is 2.43 bits per heavy atom. The molecule has 1 unspecified atom stereocenters. The molecule has 0 spiro atoms. The number of benzene rings is 2. The monoisotopic (exact) mass is 289 g/mol. The van der Waals surface area contributed by atoms with E-state index in [9.17, 15) is 4.79 Å². The quantitative estimate of drug-likeness (QED) is 0.851. The Morgan fingerprint density at radius 2 is 1.81 bits per heavy atom. The normalized spacial score (nSPS) is 12.0. The summed E-state index contributed by atoms with van der Waals surface area (Å²) < 4.78 is 15.5. The molecule has 112 valence electrons. The number of nitrogens with two attached hydrogens (primary N) is 1. The van der Waals surface area contributed by atoms with Gasteiger partial charge in [0.05, 0.1) is 21.3 Å². The molecule has 0 radical (unpaired) electrons. The van der Waals surface area contributed by atoms with Crippen LogP contribution in [0.3, 0.4) is 0 Å². The van der Waals surface area contributed by atoms with Crippen molar-refractivity contribution in [3.63, 3.8) is 0 Å². The van der Waals surface area contributed by atoms with Crippen molar-refractivity contribution < 1.29 is 19.0 Å². The molecule has 5 nitrogen and oxygen atoms in total. The van der Waals surface area contributed by atoms with E-state index in [-0.39, 0.29) is 0 Å². The summed E-state index contributed by atoms with van der Waals surface area (Å²) in [6.07, 6.45) is 0.369. The third kappa shape index (κ3) is 2.92. The highest BCUT2D eigenvalue weighted by Gasteiger charge is 2.18. The molecule has 0 heterocycles. The van der Waals surface area contributed by atoms with Gasteiger partial charge in [0.15, 0.2) is 0 Å². The molecule has 0 saturated carbocycles. The second-order valence-electron chi connectivity index (χ2n) is 4.64. The summed E-state index contributed by atoms with van der Waals surface area (Å²) in [5.74, 6) is 1.03. The van der Waals surface area contributed by atoms with Gasteiger partial charge >= 0.3 is 5.97 Å². The van der Waals surface area contributed by atoms with Crippen LogP contribution in [0.2, 0.25) is 0 Å². The number of carbonyl (C=O) groups is 1. The molecule has 1 atom stereocenters. The zero-order valence-corrected chi connectivity index (χ0v) is 12.4. The molecular weight excluding hydrogens is 270 g/mol. The molecule has 0 aromatic heterocycles. The lowest BCUT2D eigenvalue weighted by atomic mass is 9.97. The van der Waals surface area contributed by atoms with Crippen molar-refractivity contribution in [2.45, 2.75) is 12.5 Å². The molecule has 2 aromatic carbocycles. The lowest BCUT2D eigenvalue weighted by Gasteiger charge is -2.15. The van der Waals surface area contributed by atoms with Gasteiger partial charge in [-0.15, -0.1) is 0 Å². The fourth-order valence-corrected chi connectivity index (χ4v) is 2.41. The minimum absolute atomic E-state index is 0.369. The molecule has 0 aliphatic heterocycles. The van der Waals surface area contributed by atoms with Gasteiger partial charge < -0.3 is 19.9 Å². The van der Waals surface area contributed by atoms with Crippen LogP contribution in [0.25, 0.3) is 10.8 Å². The molecule has 2 N–H and O–H groups in total. The second-order valence-corrected chi connectivity index (χ2v) is 4.64. The number of methoxy groups -OCH3 is 3.